The summed E-state index contributed by atoms with van der Waals surface area (Å²) in [6, 6.07) is 9.26. The van der Waals surface area contributed by atoms with Gasteiger partial charge >= 0.3 is 0 Å². The highest BCUT2D eigenvalue weighted by atomic mass is 32.2. The Morgan fingerprint density at radius 2 is 1.74 bits per heavy atom. The van der Waals surface area contributed by atoms with E-state index in [9.17, 15) is 18.6 Å². The molecule has 0 aliphatic heterocycles. The molecule has 0 radical (unpaired) electrons. The molecule has 3 rings (SSSR count). The third kappa shape index (κ3) is 2.90. The van der Waals surface area contributed by atoms with Gasteiger partial charge in [0, 0.05) is 0 Å². The third-order valence-corrected chi connectivity index (χ3v) is 5.87. The zero-order valence-electron chi connectivity index (χ0n) is 12.6. The van der Waals surface area contributed by atoms with E-state index in [1.807, 2.05) is 0 Å². The number of aromatic hydroxyl groups is 1. The van der Waals surface area contributed by atoms with Crippen molar-refractivity contribution in [2.45, 2.75) is 35.2 Å². The maximum Gasteiger partial charge on any atom is 0.206 e. The van der Waals surface area contributed by atoms with Crippen LogP contribution in [0.3, 0.4) is 0 Å². The van der Waals surface area contributed by atoms with Crippen molar-refractivity contribution in [2.24, 2.45) is 0 Å². The summed E-state index contributed by atoms with van der Waals surface area (Å²) in [7, 11) is -3.66. The minimum atomic E-state index is -3.66. The first-order valence-electron chi connectivity index (χ1n) is 7.39. The number of phenols is 1. The van der Waals surface area contributed by atoms with Gasteiger partial charge in [-0.25, -0.2) is 8.42 Å². The van der Waals surface area contributed by atoms with Crippen molar-refractivity contribution < 1.29 is 18.6 Å². The van der Waals surface area contributed by atoms with Crippen molar-refractivity contribution in [1.82, 2.24) is 0 Å². The maximum atomic E-state index is 12.8. The van der Waals surface area contributed by atoms with E-state index in [-0.39, 0.29) is 15.5 Å². The van der Waals surface area contributed by atoms with E-state index in [2.05, 4.69) is 6.58 Å². The number of aliphatic hydroxyl groups excluding tert-OH is 1. The summed E-state index contributed by atoms with van der Waals surface area (Å²) in [5, 5.41) is 19.5. The Balaban J connectivity index is 2.04. The summed E-state index contributed by atoms with van der Waals surface area (Å²) in [5.74, 6) is 0.0564. The Morgan fingerprint density at radius 1 is 1.09 bits per heavy atom. The summed E-state index contributed by atoms with van der Waals surface area (Å²) in [5.41, 5.74) is 2.40. The van der Waals surface area contributed by atoms with E-state index in [0.29, 0.717) is 24.8 Å². The first-order valence-corrected chi connectivity index (χ1v) is 8.88. The lowest BCUT2D eigenvalue weighted by molar-refractivity contribution is 0.187. The average molecular weight is 330 g/mol. The normalized spacial score (nSPS) is 17.0. The molecule has 1 unspecified atom stereocenters. The van der Waals surface area contributed by atoms with Crippen molar-refractivity contribution in [3.05, 3.63) is 65.7 Å². The Labute approximate surface area is 135 Å². The van der Waals surface area contributed by atoms with Crippen LogP contribution in [0.1, 0.15) is 16.7 Å². The number of sulfone groups is 1. The highest BCUT2D eigenvalue weighted by Gasteiger charge is 2.24. The van der Waals surface area contributed by atoms with E-state index >= 15 is 0 Å². The number of allylic oxidation sites excluding steroid dienone is 1. The van der Waals surface area contributed by atoms with Crippen LogP contribution < -0.4 is 0 Å². The molecule has 0 fully saturated rings. The standard InChI is InChI=1S/C18H18O4S/c1-2-3-13-10-17(6-7-18(13)20)23(21,22)16-5-4-12-8-15(19)9-14(12)11-16/h2,4-7,10-11,15,19-20H,1,3,8-9H2. The smallest absolute Gasteiger partial charge is 0.206 e. The van der Waals surface area contributed by atoms with Crippen molar-refractivity contribution >= 4 is 9.84 Å². The van der Waals surface area contributed by atoms with Crippen LogP contribution >= 0.6 is 0 Å². The number of aliphatic hydroxyl groups is 1. The number of fused-ring (bicyclic) bond motifs is 1. The fraction of sp³-hybridized carbons (Fsp3) is 0.222. The summed E-state index contributed by atoms with van der Waals surface area (Å²) in [4.78, 5) is 0.353. The van der Waals surface area contributed by atoms with E-state index < -0.39 is 15.9 Å². The van der Waals surface area contributed by atoms with Gasteiger partial charge in [-0.15, -0.1) is 6.58 Å². The van der Waals surface area contributed by atoms with Crippen LogP contribution in [0, 0.1) is 0 Å². The van der Waals surface area contributed by atoms with Gasteiger partial charge in [-0.3, -0.25) is 0 Å². The molecule has 0 saturated carbocycles. The molecular formula is C18H18O4S. The molecule has 1 atom stereocenters. The van der Waals surface area contributed by atoms with Gasteiger partial charge in [-0.05, 0) is 66.3 Å². The fourth-order valence-electron chi connectivity index (χ4n) is 2.92. The topological polar surface area (TPSA) is 74.6 Å². The quantitative estimate of drug-likeness (QED) is 0.844. The molecule has 2 aromatic rings. The first-order chi connectivity index (χ1) is 10.9. The van der Waals surface area contributed by atoms with Gasteiger partial charge in [0.05, 0.1) is 15.9 Å². The number of hydrogen-bond donors (Lipinski definition) is 2. The van der Waals surface area contributed by atoms with Crippen LogP contribution in [0.2, 0.25) is 0 Å². The second-order valence-corrected chi connectivity index (χ2v) is 7.73. The molecule has 0 spiro atoms. The molecule has 120 valence electrons. The van der Waals surface area contributed by atoms with E-state index in [0.717, 1.165) is 11.1 Å². The van der Waals surface area contributed by atoms with E-state index in [1.165, 1.54) is 18.2 Å². The van der Waals surface area contributed by atoms with Crippen LogP contribution in [0.15, 0.2) is 58.8 Å². The molecule has 0 heterocycles. The summed E-state index contributed by atoms with van der Waals surface area (Å²) >= 11 is 0. The van der Waals surface area contributed by atoms with Gasteiger partial charge in [0.15, 0.2) is 0 Å². The van der Waals surface area contributed by atoms with Crippen molar-refractivity contribution in [2.75, 3.05) is 0 Å². The molecule has 2 N–H and O–H groups in total. The van der Waals surface area contributed by atoms with Crippen molar-refractivity contribution in [1.29, 1.82) is 0 Å². The summed E-state index contributed by atoms with van der Waals surface area (Å²) in [6.45, 7) is 3.61. The van der Waals surface area contributed by atoms with Gasteiger partial charge in [0.25, 0.3) is 0 Å². The fourth-order valence-corrected chi connectivity index (χ4v) is 4.28. The molecule has 1 aliphatic carbocycles. The SMILES string of the molecule is C=CCc1cc(S(=O)(=O)c2ccc3c(c2)CC(O)C3)ccc1O. The highest BCUT2D eigenvalue weighted by Crippen LogP contribution is 2.30. The van der Waals surface area contributed by atoms with Crippen molar-refractivity contribution in [3.8, 4) is 5.75 Å². The van der Waals surface area contributed by atoms with Gasteiger partial charge in [0.2, 0.25) is 9.84 Å². The molecular weight excluding hydrogens is 312 g/mol. The number of hydrogen-bond acceptors (Lipinski definition) is 4. The lowest BCUT2D eigenvalue weighted by Crippen LogP contribution is -2.04. The second kappa shape index (κ2) is 5.83. The monoisotopic (exact) mass is 330 g/mol. The minimum Gasteiger partial charge on any atom is -0.508 e. The lowest BCUT2D eigenvalue weighted by atomic mass is 10.1. The zero-order valence-corrected chi connectivity index (χ0v) is 13.4. The van der Waals surface area contributed by atoms with Crippen molar-refractivity contribution in [3.63, 3.8) is 0 Å². The number of benzene rings is 2. The number of rotatable bonds is 4. The van der Waals surface area contributed by atoms with Crippen LogP contribution in [0.5, 0.6) is 5.75 Å². The molecule has 0 bridgehead atoms. The first kappa shape index (κ1) is 15.8. The van der Waals surface area contributed by atoms with Crippen LogP contribution in [0.25, 0.3) is 0 Å². The van der Waals surface area contributed by atoms with Gasteiger partial charge < -0.3 is 10.2 Å². The summed E-state index contributed by atoms with van der Waals surface area (Å²) < 4.78 is 25.6. The highest BCUT2D eigenvalue weighted by molar-refractivity contribution is 7.91. The summed E-state index contributed by atoms with van der Waals surface area (Å²) in [6.07, 6.45) is 2.62. The molecule has 0 aromatic heterocycles. The molecule has 0 amide bonds. The Morgan fingerprint density at radius 3 is 2.48 bits per heavy atom. The van der Waals surface area contributed by atoms with Gasteiger partial charge in [-0.2, -0.15) is 0 Å². The predicted molar refractivity (Wildman–Crippen MR) is 87.3 cm³/mol. The van der Waals surface area contributed by atoms with Crippen LogP contribution in [-0.4, -0.2) is 24.7 Å². The number of phenolic OH excluding ortho intramolecular Hbond substituents is 1. The molecule has 5 heteroatoms. The average Bonchev–Trinajstić information content (AvgIpc) is 2.88. The molecule has 2 aromatic carbocycles. The van der Waals surface area contributed by atoms with Crippen LogP contribution in [0.4, 0.5) is 0 Å². The Hall–Kier alpha value is -2.11. The van der Waals surface area contributed by atoms with Crippen LogP contribution in [-0.2, 0) is 29.1 Å². The Bertz CT molecular complexity index is 869. The predicted octanol–water partition coefficient (Wildman–Crippen LogP) is 2.41. The molecule has 0 saturated heterocycles. The molecule has 23 heavy (non-hydrogen) atoms. The molecule has 4 nitrogen and oxygen atoms in total. The maximum absolute atomic E-state index is 12.8. The third-order valence-electron chi connectivity index (χ3n) is 4.12. The second-order valence-electron chi connectivity index (χ2n) is 5.78. The Kier molecular flexibility index (Phi) is 4.00. The van der Waals surface area contributed by atoms with Gasteiger partial charge in [-0.1, -0.05) is 12.1 Å². The largest absolute Gasteiger partial charge is 0.508 e. The minimum absolute atomic E-state index is 0.0564. The molecule has 1 aliphatic rings. The van der Waals surface area contributed by atoms with E-state index in [1.54, 1.807) is 24.3 Å². The van der Waals surface area contributed by atoms with Gasteiger partial charge in [0.1, 0.15) is 5.75 Å². The van der Waals surface area contributed by atoms with E-state index in [4.69, 9.17) is 0 Å². The zero-order chi connectivity index (χ0) is 16.6. The lowest BCUT2D eigenvalue weighted by Gasteiger charge is -2.09.